The number of hydrogen-bond acceptors (Lipinski definition) is 6. The average molecular weight is 296 g/mol. The Morgan fingerprint density at radius 3 is 2.52 bits per heavy atom. The van der Waals surface area contributed by atoms with E-state index in [2.05, 4.69) is 13.2 Å². The number of carbonyl (C=O) groups excluding carboxylic acids is 2. The first-order valence-corrected chi connectivity index (χ1v) is 6.64. The molecule has 0 radical (unpaired) electrons. The summed E-state index contributed by atoms with van der Waals surface area (Å²) in [6, 6.07) is 0. The van der Waals surface area contributed by atoms with Crippen LogP contribution >= 0.6 is 0 Å². The summed E-state index contributed by atoms with van der Waals surface area (Å²) < 4.78 is 5.11. The zero-order chi connectivity index (χ0) is 16.2. The smallest absolute Gasteiger partial charge is 0.244 e. The van der Waals surface area contributed by atoms with E-state index in [9.17, 15) is 24.9 Å². The number of aliphatic hydroxyl groups excluding tert-OH is 2. The number of hydrogen-bond donors (Lipinski definition) is 3. The molecule has 0 spiro atoms. The van der Waals surface area contributed by atoms with Gasteiger partial charge in [0.2, 0.25) is 17.2 Å². The Balaban J connectivity index is 2.99. The molecule has 0 amide bonds. The van der Waals surface area contributed by atoms with E-state index in [0.29, 0.717) is 6.42 Å². The second-order valence-corrected chi connectivity index (χ2v) is 4.80. The van der Waals surface area contributed by atoms with Crippen molar-refractivity contribution in [3.8, 4) is 0 Å². The normalized spacial score (nSPS) is 29.0. The highest BCUT2D eigenvalue weighted by atomic mass is 16.6. The van der Waals surface area contributed by atoms with Crippen molar-refractivity contribution >= 4 is 11.6 Å². The first kappa shape index (κ1) is 17.3. The highest BCUT2D eigenvalue weighted by molar-refractivity contribution is 6.43. The quantitative estimate of drug-likeness (QED) is 0.431. The van der Waals surface area contributed by atoms with Crippen molar-refractivity contribution in [1.29, 1.82) is 0 Å². The van der Waals surface area contributed by atoms with Gasteiger partial charge in [-0.05, 0) is 18.6 Å². The van der Waals surface area contributed by atoms with Crippen LogP contribution in [0.3, 0.4) is 0 Å². The van der Waals surface area contributed by atoms with E-state index in [4.69, 9.17) is 4.74 Å². The lowest BCUT2D eigenvalue weighted by Crippen LogP contribution is -2.64. The molecule has 116 valence electrons. The van der Waals surface area contributed by atoms with Crippen molar-refractivity contribution in [1.82, 2.24) is 0 Å². The molecule has 6 nitrogen and oxygen atoms in total. The highest BCUT2D eigenvalue weighted by Gasteiger charge is 2.60. The minimum Gasteiger partial charge on any atom is -0.483 e. The number of allylic oxidation sites excluding steroid dienone is 2. The van der Waals surface area contributed by atoms with Crippen molar-refractivity contribution in [2.45, 2.75) is 43.7 Å². The van der Waals surface area contributed by atoms with E-state index < -0.39 is 35.5 Å². The van der Waals surface area contributed by atoms with Gasteiger partial charge in [0.05, 0.1) is 6.10 Å². The largest absolute Gasteiger partial charge is 0.483 e. The van der Waals surface area contributed by atoms with Gasteiger partial charge in [-0.25, -0.2) is 0 Å². The van der Waals surface area contributed by atoms with Crippen molar-refractivity contribution in [2.75, 3.05) is 0 Å². The van der Waals surface area contributed by atoms with Crippen LogP contribution in [0.4, 0.5) is 0 Å². The molecule has 3 N–H and O–H groups in total. The lowest BCUT2D eigenvalue weighted by Gasteiger charge is -2.44. The van der Waals surface area contributed by atoms with E-state index in [1.54, 1.807) is 6.92 Å². The molecule has 0 aliphatic carbocycles. The molecule has 4 atom stereocenters. The maximum atomic E-state index is 12.2. The summed E-state index contributed by atoms with van der Waals surface area (Å²) in [5, 5.41) is 29.7. The molecule has 0 aromatic rings. The number of ether oxygens (including phenoxy) is 1. The zero-order valence-corrected chi connectivity index (χ0v) is 11.9. The van der Waals surface area contributed by atoms with Gasteiger partial charge in [-0.15, -0.1) is 0 Å². The fraction of sp³-hybridized carbons (Fsp3) is 0.467. The third kappa shape index (κ3) is 2.97. The molecule has 0 bridgehead atoms. The van der Waals surface area contributed by atoms with Crippen molar-refractivity contribution in [3.05, 3.63) is 37.1 Å². The SMILES string of the molecule is C=CC=C1OC(C=C)[C@@]1(O)C(=O)C(=O)[C@H](O)C(O)CCC. The maximum absolute atomic E-state index is 12.2. The first-order valence-electron chi connectivity index (χ1n) is 6.64. The Bertz CT molecular complexity index is 481. The molecule has 2 unspecified atom stereocenters. The van der Waals surface area contributed by atoms with E-state index in [1.807, 2.05) is 0 Å². The van der Waals surface area contributed by atoms with Crippen LogP contribution in [0, 0.1) is 0 Å². The third-order valence-electron chi connectivity index (χ3n) is 3.31. The van der Waals surface area contributed by atoms with Gasteiger partial charge in [-0.1, -0.05) is 32.6 Å². The van der Waals surface area contributed by atoms with Crippen LogP contribution in [0.5, 0.6) is 0 Å². The lowest BCUT2D eigenvalue weighted by molar-refractivity contribution is -0.183. The molecule has 0 saturated carbocycles. The summed E-state index contributed by atoms with van der Waals surface area (Å²) in [6.45, 7) is 8.58. The molecule has 1 saturated heterocycles. The summed E-state index contributed by atoms with van der Waals surface area (Å²) in [7, 11) is 0. The highest BCUT2D eigenvalue weighted by Crippen LogP contribution is 2.39. The van der Waals surface area contributed by atoms with Crippen LogP contribution in [-0.2, 0) is 14.3 Å². The Labute approximate surface area is 123 Å². The van der Waals surface area contributed by atoms with Gasteiger partial charge in [-0.2, -0.15) is 0 Å². The number of carbonyl (C=O) groups is 2. The van der Waals surface area contributed by atoms with Crippen LogP contribution in [-0.4, -0.2) is 50.8 Å². The minimum absolute atomic E-state index is 0.141. The van der Waals surface area contributed by atoms with E-state index in [-0.39, 0.29) is 12.2 Å². The Hall–Kier alpha value is -1.76. The topological polar surface area (TPSA) is 104 Å². The van der Waals surface area contributed by atoms with E-state index >= 15 is 0 Å². The molecular weight excluding hydrogens is 276 g/mol. The second-order valence-electron chi connectivity index (χ2n) is 4.80. The molecule has 0 aromatic carbocycles. The summed E-state index contributed by atoms with van der Waals surface area (Å²) >= 11 is 0. The molecule has 1 heterocycles. The van der Waals surface area contributed by atoms with Gasteiger partial charge in [0.1, 0.15) is 11.9 Å². The fourth-order valence-electron chi connectivity index (χ4n) is 2.08. The Morgan fingerprint density at radius 1 is 1.43 bits per heavy atom. The summed E-state index contributed by atoms with van der Waals surface area (Å²) in [6.07, 6.45) is 0.0952. The Morgan fingerprint density at radius 2 is 2.05 bits per heavy atom. The first-order chi connectivity index (χ1) is 9.84. The van der Waals surface area contributed by atoms with Crippen molar-refractivity contribution < 1.29 is 29.6 Å². The number of aliphatic hydroxyl groups is 3. The standard InChI is InChI=1S/C15H20O6/c1-4-7-9(16)12(17)13(18)14(19)15(20)10(6-3)21-11(15)8-5-2/h5-6,8-10,12,16-17,20H,2-4,7H2,1H3/t9?,10?,12-,15+/m1/s1. The number of ketones is 2. The molecule has 1 aliphatic heterocycles. The van der Waals surface area contributed by atoms with Gasteiger partial charge >= 0.3 is 0 Å². The fourth-order valence-corrected chi connectivity index (χ4v) is 2.08. The monoisotopic (exact) mass is 296 g/mol. The predicted octanol–water partition coefficient (Wildman–Crippen LogP) is 0.0323. The molecule has 1 aliphatic rings. The second kappa shape index (κ2) is 6.80. The minimum atomic E-state index is -2.21. The summed E-state index contributed by atoms with van der Waals surface area (Å²) in [5.41, 5.74) is -2.21. The van der Waals surface area contributed by atoms with Gasteiger partial charge in [0.25, 0.3) is 0 Å². The number of Topliss-reactive ketones (excluding diaryl/α,β-unsaturated/α-hetero) is 2. The van der Waals surface area contributed by atoms with Crippen LogP contribution in [0.25, 0.3) is 0 Å². The molecular formula is C15H20O6. The maximum Gasteiger partial charge on any atom is 0.244 e. The molecule has 0 aromatic heterocycles. The summed E-state index contributed by atoms with van der Waals surface area (Å²) in [5.74, 6) is -2.64. The van der Waals surface area contributed by atoms with Crippen molar-refractivity contribution in [3.63, 3.8) is 0 Å². The molecule has 1 fully saturated rings. The van der Waals surface area contributed by atoms with Crippen LogP contribution in [0.2, 0.25) is 0 Å². The van der Waals surface area contributed by atoms with Crippen LogP contribution in [0.1, 0.15) is 19.8 Å². The van der Waals surface area contributed by atoms with Gasteiger partial charge < -0.3 is 20.1 Å². The van der Waals surface area contributed by atoms with Gasteiger partial charge in [0.15, 0.2) is 6.10 Å². The summed E-state index contributed by atoms with van der Waals surface area (Å²) in [4.78, 5) is 24.1. The third-order valence-corrected chi connectivity index (χ3v) is 3.31. The van der Waals surface area contributed by atoms with E-state index in [1.165, 1.54) is 18.2 Å². The average Bonchev–Trinajstić information content (AvgIpc) is 2.47. The molecule has 21 heavy (non-hydrogen) atoms. The van der Waals surface area contributed by atoms with Crippen molar-refractivity contribution in [2.24, 2.45) is 0 Å². The molecule has 6 heteroatoms. The predicted molar refractivity (Wildman–Crippen MR) is 75.2 cm³/mol. The Kier molecular flexibility index (Phi) is 5.60. The van der Waals surface area contributed by atoms with Gasteiger partial charge in [0, 0.05) is 0 Å². The molecule has 1 rings (SSSR count). The van der Waals surface area contributed by atoms with Gasteiger partial charge in [-0.3, -0.25) is 9.59 Å². The lowest BCUT2D eigenvalue weighted by atomic mass is 9.80. The van der Waals surface area contributed by atoms with Crippen LogP contribution in [0.15, 0.2) is 37.1 Å². The zero-order valence-electron chi connectivity index (χ0n) is 11.9. The number of rotatable bonds is 8. The van der Waals surface area contributed by atoms with Crippen LogP contribution < -0.4 is 0 Å². The van der Waals surface area contributed by atoms with E-state index in [0.717, 1.165) is 0 Å².